The maximum atomic E-state index is 4.27. The highest BCUT2D eigenvalue weighted by Gasteiger charge is 2.04. The third-order valence-corrected chi connectivity index (χ3v) is 3.53. The molecule has 0 bridgehead atoms. The van der Waals surface area contributed by atoms with Crippen LogP contribution in [0.25, 0.3) is 32.3 Å². The van der Waals surface area contributed by atoms with E-state index < -0.39 is 0 Å². The standard InChI is InChI=1S/C17H11N/c1-2-4-15-12(3-1)5-7-14-8-6-13-9-10-18-11-16(13)17(14)15/h1-11H. The molecule has 4 rings (SSSR count). The summed E-state index contributed by atoms with van der Waals surface area (Å²) in [6.45, 7) is 0. The highest BCUT2D eigenvalue weighted by molar-refractivity contribution is 6.19. The van der Waals surface area contributed by atoms with Crippen molar-refractivity contribution in [1.29, 1.82) is 0 Å². The minimum Gasteiger partial charge on any atom is -0.264 e. The lowest BCUT2D eigenvalue weighted by molar-refractivity contribution is 1.37. The van der Waals surface area contributed by atoms with Crippen molar-refractivity contribution in [3.63, 3.8) is 0 Å². The Morgan fingerprint density at radius 3 is 2.22 bits per heavy atom. The molecule has 0 amide bonds. The Morgan fingerprint density at radius 2 is 1.33 bits per heavy atom. The fourth-order valence-corrected chi connectivity index (χ4v) is 2.67. The van der Waals surface area contributed by atoms with Crippen LogP contribution in [0.4, 0.5) is 0 Å². The predicted octanol–water partition coefficient (Wildman–Crippen LogP) is 4.54. The molecule has 1 heteroatoms. The second-order valence-corrected chi connectivity index (χ2v) is 4.55. The topological polar surface area (TPSA) is 12.9 Å². The maximum absolute atomic E-state index is 4.27. The minimum absolute atomic E-state index is 1.23. The highest BCUT2D eigenvalue weighted by Crippen LogP contribution is 2.31. The van der Waals surface area contributed by atoms with Crippen LogP contribution >= 0.6 is 0 Å². The van der Waals surface area contributed by atoms with Gasteiger partial charge in [-0.2, -0.15) is 0 Å². The van der Waals surface area contributed by atoms with E-state index in [9.17, 15) is 0 Å². The van der Waals surface area contributed by atoms with Crippen molar-refractivity contribution in [3.8, 4) is 0 Å². The smallest absolute Gasteiger partial charge is 0.0352 e. The lowest BCUT2D eigenvalue weighted by Gasteiger charge is -2.07. The van der Waals surface area contributed by atoms with Crippen LogP contribution in [0.2, 0.25) is 0 Å². The number of hydrogen-bond donors (Lipinski definition) is 0. The molecule has 18 heavy (non-hydrogen) atoms. The molecule has 0 spiro atoms. The third-order valence-electron chi connectivity index (χ3n) is 3.53. The number of benzene rings is 3. The molecule has 0 saturated heterocycles. The van der Waals surface area contributed by atoms with E-state index >= 15 is 0 Å². The van der Waals surface area contributed by atoms with Crippen LogP contribution in [0.15, 0.2) is 67.0 Å². The van der Waals surface area contributed by atoms with Crippen LogP contribution in [0.5, 0.6) is 0 Å². The van der Waals surface area contributed by atoms with Gasteiger partial charge in [0.05, 0.1) is 0 Å². The molecule has 1 nitrogen and oxygen atoms in total. The fraction of sp³-hybridized carbons (Fsp3) is 0. The first-order valence-electron chi connectivity index (χ1n) is 6.08. The average Bonchev–Trinajstić information content (AvgIpc) is 2.46. The lowest BCUT2D eigenvalue weighted by atomic mass is 9.98. The van der Waals surface area contributed by atoms with Crippen LogP contribution in [0, 0.1) is 0 Å². The van der Waals surface area contributed by atoms with Crippen molar-refractivity contribution >= 4 is 32.3 Å². The summed E-state index contributed by atoms with van der Waals surface area (Å²) in [5, 5.41) is 7.63. The van der Waals surface area contributed by atoms with E-state index in [1.54, 1.807) is 0 Å². The zero-order valence-corrected chi connectivity index (χ0v) is 9.80. The number of pyridine rings is 1. The van der Waals surface area contributed by atoms with E-state index in [4.69, 9.17) is 0 Å². The first-order valence-corrected chi connectivity index (χ1v) is 6.08. The van der Waals surface area contributed by atoms with Crippen molar-refractivity contribution in [2.45, 2.75) is 0 Å². The van der Waals surface area contributed by atoms with E-state index in [0.29, 0.717) is 0 Å². The summed E-state index contributed by atoms with van der Waals surface area (Å²) >= 11 is 0. The van der Waals surface area contributed by atoms with Gasteiger partial charge in [0.2, 0.25) is 0 Å². The molecule has 0 aliphatic carbocycles. The first kappa shape index (κ1) is 9.60. The van der Waals surface area contributed by atoms with E-state index in [-0.39, 0.29) is 0 Å². The summed E-state index contributed by atoms with van der Waals surface area (Å²) in [6.07, 6.45) is 3.81. The molecular weight excluding hydrogens is 218 g/mol. The summed E-state index contributed by atoms with van der Waals surface area (Å²) in [6, 6.07) is 19.3. The molecule has 1 heterocycles. The summed E-state index contributed by atoms with van der Waals surface area (Å²) < 4.78 is 0. The summed E-state index contributed by atoms with van der Waals surface area (Å²) in [5.41, 5.74) is 0. The van der Waals surface area contributed by atoms with Crippen LogP contribution in [0.1, 0.15) is 0 Å². The first-order chi connectivity index (χ1) is 8.93. The number of hydrogen-bond acceptors (Lipinski definition) is 1. The Balaban J connectivity index is 2.38. The Bertz CT molecular complexity index is 807. The zero-order chi connectivity index (χ0) is 11.9. The Morgan fingerprint density at radius 1 is 0.611 bits per heavy atom. The van der Waals surface area contributed by atoms with Gasteiger partial charge in [0.1, 0.15) is 0 Å². The Hall–Kier alpha value is -2.41. The van der Waals surface area contributed by atoms with Crippen LogP contribution in [-0.2, 0) is 0 Å². The van der Waals surface area contributed by atoms with Gasteiger partial charge in [-0.15, -0.1) is 0 Å². The van der Waals surface area contributed by atoms with Crippen LogP contribution < -0.4 is 0 Å². The van der Waals surface area contributed by atoms with Crippen molar-refractivity contribution in [2.75, 3.05) is 0 Å². The number of rotatable bonds is 0. The largest absolute Gasteiger partial charge is 0.264 e. The molecule has 0 aliphatic heterocycles. The molecule has 0 atom stereocenters. The second kappa shape index (κ2) is 3.54. The average molecular weight is 229 g/mol. The van der Waals surface area contributed by atoms with E-state index in [0.717, 1.165) is 0 Å². The third kappa shape index (κ3) is 1.25. The summed E-state index contributed by atoms with van der Waals surface area (Å²) in [4.78, 5) is 4.27. The second-order valence-electron chi connectivity index (χ2n) is 4.55. The number of nitrogens with zero attached hydrogens (tertiary/aromatic N) is 1. The van der Waals surface area contributed by atoms with Crippen LogP contribution in [-0.4, -0.2) is 4.98 Å². The summed E-state index contributed by atoms with van der Waals surface area (Å²) in [5.74, 6) is 0. The van der Waals surface area contributed by atoms with Gasteiger partial charge in [-0.25, -0.2) is 0 Å². The minimum atomic E-state index is 1.23. The Kier molecular flexibility index (Phi) is 1.89. The van der Waals surface area contributed by atoms with Crippen molar-refractivity contribution < 1.29 is 0 Å². The molecule has 4 aromatic rings. The molecule has 3 aromatic carbocycles. The number of aromatic nitrogens is 1. The van der Waals surface area contributed by atoms with Gasteiger partial charge < -0.3 is 0 Å². The summed E-state index contributed by atoms with van der Waals surface area (Å²) in [7, 11) is 0. The van der Waals surface area contributed by atoms with Gasteiger partial charge in [0.25, 0.3) is 0 Å². The molecule has 0 N–H and O–H groups in total. The lowest BCUT2D eigenvalue weighted by Crippen LogP contribution is -1.81. The molecule has 0 unspecified atom stereocenters. The Labute approximate surface area is 105 Å². The van der Waals surface area contributed by atoms with Crippen molar-refractivity contribution in [3.05, 3.63) is 67.0 Å². The van der Waals surface area contributed by atoms with Gasteiger partial charge in [0, 0.05) is 17.8 Å². The van der Waals surface area contributed by atoms with Gasteiger partial charge in [-0.05, 0) is 33.0 Å². The highest BCUT2D eigenvalue weighted by atomic mass is 14.6. The SMILES string of the molecule is c1ccc2c(c1)ccc1ccc3ccncc3c12. The molecule has 0 saturated carbocycles. The quantitative estimate of drug-likeness (QED) is 0.403. The molecule has 0 aliphatic rings. The normalized spacial score (nSPS) is 11.3. The molecule has 0 radical (unpaired) electrons. The van der Waals surface area contributed by atoms with Crippen LogP contribution in [0.3, 0.4) is 0 Å². The van der Waals surface area contributed by atoms with Gasteiger partial charge in [-0.3, -0.25) is 4.98 Å². The molecular formula is C17H11N. The predicted molar refractivity (Wildman–Crippen MR) is 76.8 cm³/mol. The van der Waals surface area contributed by atoms with E-state index in [2.05, 4.69) is 59.6 Å². The molecule has 1 aromatic heterocycles. The fourth-order valence-electron chi connectivity index (χ4n) is 2.67. The van der Waals surface area contributed by atoms with E-state index in [1.165, 1.54) is 32.3 Å². The maximum Gasteiger partial charge on any atom is 0.0352 e. The van der Waals surface area contributed by atoms with E-state index in [1.807, 2.05) is 12.4 Å². The number of fused-ring (bicyclic) bond motifs is 5. The van der Waals surface area contributed by atoms with Gasteiger partial charge in [0.15, 0.2) is 0 Å². The van der Waals surface area contributed by atoms with Crippen molar-refractivity contribution in [2.24, 2.45) is 0 Å². The molecule has 0 fully saturated rings. The monoisotopic (exact) mass is 229 g/mol. The zero-order valence-electron chi connectivity index (χ0n) is 9.80. The van der Waals surface area contributed by atoms with Crippen molar-refractivity contribution in [1.82, 2.24) is 4.98 Å². The van der Waals surface area contributed by atoms with Gasteiger partial charge >= 0.3 is 0 Å². The van der Waals surface area contributed by atoms with Gasteiger partial charge in [-0.1, -0.05) is 48.5 Å². The molecule has 84 valence electrons.